The number of piperazine rings is 1. The predicted molar refractivity (Wildman–Crippen MR) is 59.9 cm³/mol. The van der Waals surface area contributed by atoms with Crippen LogP contribution in [-0.4, -0.2) is 48.6 Å². The van der Waals surface area contributed by atoms with E-state index in [0.29, 0.717) is 6.54 Å². The second-order valence-corrected chi connectivity index (χ2v) is 4.27. The second kappa shape index (κ2) is 5.84. The molecular formula is C11H20N2O3. The van der Waals surface area contributed by atoms with E-state index < -0.39 is 0 Å². The lowest BCUT2D eigenvalue weighted by atomic mass is 10.2. The van der Waals surface area contributed by atoms with Crippen LogP contribution in [0.2, 0.25) is 0 Å². The van der Waals surface area contributed by atoms with Crippen LogP contribution in [0, 0.1) is 0 Å². The molecule has 5 heteroatoms. The molecule has 5 nitrogen and oxygen atoms in total. The topological polar surface area (TPSA) is 58.6 Å². The van der Waals surface area contributed by atoms with Crippen LogP contribution in [0.15, 0.2) is 0 Å². The molecule has 1 aliphatic rings. The number of nitrogens with zero attached hydrogens (tertiary/aromatic N) is 1. The SMILES string of the molecule is CCC(C)OCC(=O)N1CC(=O)NC(C)C1. The molecule has 0 aromatic carbocycles. The van der Waals surface area contributed by atoms with Gasteiger partial charge in [0.05, 0.1) is 12.6 Å². The molecule has 1 N–H and O–H groups in total. The van der Waals surface area contributed by atoms with Crippen LogP contribution in [0.1, 0.15) is 27.2 Å². The summed E-state index contributed by atoms with van der Waals surface area (Å²) in [5.41, 5.74) is 0. The van der Waals surface area contributed by atoms with Gasteiger partial charge in [-0.05, 0) is 20.3 Å². The molecule has 16 heavy (non-hydrogen) atoms. The number of amides is 2. The maximum absolute atomic E-state index is 11.7. The Balaban J connectivity index is 2.38. The molecule has 1 rings (SSSR count). The van der Waals surface area contributed by atoms with Gasteiger partial charge in [-0.25, -0.2) is 0 Å². The van der Waals surface area contributed by atoms with Crippen LogP contribution >= 0.6 is 0 Å². The lowest BCUT2D eigenvalue weighted by Gasteiger charge is -2.31. The van der Waals surface area contributed by atoms with Crippen LogP contribution in [0.5, 0.6) is 0 Å². The molecule has 2 atom stereocenters. The molecule has 1 fully saturated rings. The summed E-state index contributed by atoms with van der Waals surface area (Å²) >= 11 is 0. The van der Waals surface area contributed by atoms with E-state index in [-0.39, 0.29) is 37.1 Å². The number of nitrogens with one attached hydrogen (secondary N) is 1. The van der Waals surface area contributed by atoms with Crippen molar-refractivity contribution in [1.82, 2.24) is 10.2 Å². The zero-order chi connectivity index (χ0) is 12.1. The van der Waals surface area contributed by atoms with Crippen molar-refractivity contribution >= 4 is 11.8 Å². The van der Waals surface area contributed by atoms with Gasteiger partial charge in [0.2, 0.25) is 11.8 Å². The van der Waals surface area contributed by atoms with Crippen molar-refractivity contribution in [3.63, 3.8) is 0 Å². The van der Waals surface area contributed by atoms with Crippen LogP contribution in [0.4, 0.5) is 0 Å². The van der Waals surface area contributed by atoms with E-state index in [0.717, 1.165) is 6.42 Å². The van der Waals surface area contributed by atoms with Crippen molar-refractivity contribution in [3.8, 4) is 0 Å². The van der Waals surface area contributed by atoms with Gasteiger partial charge in [0.15, 0.2) is 0 Å². The fourth-order valence-electron chi connectivity index (χ4n) is 1.55. The van der Waals surface area contributed by atoms with E-state index in [1.807, 2.05) is 20.8 Å². The molecular weight excluding hydrogens is 208 g/mol. The predicted octanol–water partition coefficient (Wildman–Crippen LogP) is 0.148. The molecule has 92 valence electrons. The number of hydrogen-bond donors (Lipinski definition) is 1. The number of rotatable bonds is 4. The minimum atomic E-state index is -0.109. The van der Waals surface area contributed by atoms with Crippen LogP contribution in [-0.2, 0) is 14.3 Å². The average Bonchev–Trinajstić information content (AvgIpc) is 2.23. The summed E-state index contributed by atoms with van der Waals surface area (Å²) < 4.78 is 5.35. The first kappa shape index (κ1) is 13.0. The molecule has 0 bridgehead atoms. The third-order valence-electron chi connectivity index (χ3n) is 2.66. The summed E-state index contributed by atoms with van der Waals surface area (Å²) in [6.45, 7) is 6.59. The van der Waals surface area contributed by atoms with Gasteiger partial charge in [-0.2, -0.15) is 0 Å². The number of ether oxygens (including phenoxy) is 1. The lowest BCUT2D eigenvalue weighted by Crippen LogP contribution is -2.55. The molecule has 2 unspecified atom stereocenters. The number of carbonyl (C=O) groups is 2. The van der Waals surface area contributed by atoms with Gasteiger partial charge in [-0.1, -0.05) is 6.92 Å². The highest BCUT2D eigenvalue weighted by atomic mass is 16.5. The first-order valence-corrected chi connectivity index (χ1v) is 5.71. The Hall–Kier alpha value is -1.10. The number of hydrogen-bond acceptors (Lipinski definition) is 3. The first-order valence-electron chi connectivity index (χ1n) is 5.71. The van der Waals surface area contributed by atoms with E-state index in [4.69, 9.17) is 4.74 Å². The number of carbonyl (C=O) groups excluding carboxylic acids is 2. The quantitative estimate of drug-likeness (QED) is 0.745. The van der Waals surface area contributed by atoms with Crippen molar-refractivity contribution in [2.24, 2.45) is 0 Å². The molecule has 2 amide bonds. The van der Waals surface area contributed by atoms with Crippen molar-refractivity contribution in [2.75, 3.05) is 19.7 Å². The molecule has 1 heterocycles. The molecule has 0 aliphatic carbocycles. The van der Waals surface area contributed by atoms with E-state index in [1.165, 1.54) is 0 Å². The molecule has 0 spiro atoms. The Labute approximate surface area is 96.1 Å². The molecule has 0 aromatic rings. The van der Waals surface area contributed by atoms with Gasteiger partial charge in [0.25, 0.3) is 0 Å². The second-order valence-electron chi connectivity index (χ2n) is 4.27. The van der Waals surface area contributed by atoms with Gasteiger partial charge in [0, 0.05) is 12.6 Å². The Bertz CT molecular complexity index is 268. The van der Waals surface area contributed by atoms with Crippen molar-refractivity contribution in [1.29, 1.82) is 0 Å². The zero-order valence-electron chi connectivity index (χ0n) is 10.2. The van der Waals surface area contributed by atoms with E-state index in [9.17, 15) is 9.59 Å². The van der Waals surface area contributed by atoms with Crippen LogP contribution < -0.4 is 5.32 Å². The molecule has 1 aliphatic heterocycles. The smallest absolute Gasteiger partial charge is 0.249 e. The Kier molecular flexibility index (Phi) is 4.73. The minimum absolute atomic E-state index is 0.0220. The van der Waals surface area contributed by atoms with E-state index >= 15 is 0 Å². The average molecular weight is 228 g/mol. The molecule has 0 radical (unpaired) electrons. The minimum Gasteiger partial charge on any atom is -0.369 e. The normalized spacial score (nSPS) is 22.8. The third-order valence-corrected chi connectivity index (χ3v) is 2.66. The maximum Gasteiger partial charge on any atom is 0.249 e. The lowest BCUT2D eigenvalue weighted by molar-refractivity contribution is -0.144. The summed E-state index contributed by atoms with van der Waals surface area (Å²) in [7, 11) is 0. The summed E-state index contributed by atoms with van der Waals surface area (Å²) in [5.74, 6) is -0.211. The van der Waals surface area contributed by atoms with Gasteiger partial charge >= 0.3 is 0 Å². The maximum atomic E-state index is 11.7. The fraction of sp³-hybridized carbons (Fsp3) is 0.818. The van der Waals surface area contributed by atoms with Crippen molar-refractivity contribution < 1.29 is 14.3 Å². The van der Waals surface area contributed by atoms with Crippen LogP contribution in [0.3, 0.4) is 0 Å². The molecule has 1 saturated heterocycles. The monoisotopic (exact) mass is 228 g/mol. The Morgan fingerprint density at radius 1 is 1.69 bits per heavy atom. The highest BCUT2D eigenvalue weighted by Gasteiger charge is 2.25. The van der Waals surface area contributed by atoms with Gasteiger partial charge in [0.1, 0.15) is 6.61 Å². The highest BCUT2D eigenvalue weighted by molar-refractivity contribution is 5.86. The third kappa shape index (κ3) is 3.81. The van der Waals surface area contributed by atoms with E-state index in [2.05, 4.69) is 5.32 Å². The summed E-state index contributed by atoms with van der Waals surface area (Å²) in [6, 6.07) is 0.0220. The van der Waals surface area contributed by atoms with Gasteiger partial charge in [-0.3, -0.25) is 9.59 Å². The highest BCUT2D eigenvalue weighted by Crippen LogP contribution is 2.02. The largest absolute Gasteiger partial charge is 0.369 e. The molecule has 0 saturated carbocycles. The summed E-state index contributed by atoms with van der Waals surface area (Å²) in [5, 5.41) is 2.77. The Morgan fingerprint density at radius 2 is 2.38 bits per heavy atom. The fourth-order valence-corrected chi connectivity index (χ4v) is 1.55. The van der Waals surface area contributed by atoms with Crippen molar-refractivity contribution in [2.45, 2.75) is 39.3 Å². The standard InChI is InChI=1S/C11H20N2O3/c1-4-9(3)16-7-11(15)13-5-8(2)12-10(14)6-13/h8-9H,4-7H2,1-3H3,(H,12,14). The van der Waals surface area contributed by atoms with Crippen LogP contribution in [0.25, 0.3) is 0 Å². The van der Waals surface area contributed by atoms with Crippen molar-refractivity contribution in [3.05, 3.63) is 0 Å². The summed E-state index contributed by atoms with van der Waals surface area (Å²) in [4.78, 5) is 24.5. The first-order chi connectivity index (χ1) is 7.52. The van der Waals surface area contributed by atoms with E-state index in [1.54, 1.807) is 4.90 Å². The van der Waals surface area contributed by atoms with Gasteiger partial charge in [-0.15, -0.1) is 0 Å². The Morgan fingerprint density at radius 3 is 2.94 bits per heavy atom. The summed E-state index contributed by atoms with van der Waals surface area (Å²) in [6.07, 6.45) is 0.962. The van der Waals surface area contributed by atoms with Gasteiger partial charge < -0.3 is 15.0 Å². The zero-order valence-corrected chi connectivity index (χ0v) is 10.2. The molecule has 0 aromatic heterocycles.